The van der Waals surface area contributed by atoms with E-state index < -0.39 is 21.0 Å². The van der Waals surface area contributed by atoms with Gasteiger partial charge in [0.2, 0.25) is 0 Å². The molecule has 2 aromatic rings. The molecule has 0 aromatic heterocycles. The van der Waals surface area contributed by atoms with Crippen molar-refractivity contribution in [3.05, 3.63) is 58.7 Å². The molecule has 8 heteroatoms. The van der Waals surface area contributed by atoms with Gasteiger partial charge in [0, 0.05) is 11.1 Å². The van der Waals surface area contributed by atoms with Crippen LogP contribution in [0.4, 0.5) is 0 Å². The van der Waals surface area contributed by atoms with Crippen molar-refractivity contribution in [2.45, 2.75) is 0 Å². The molecule has 24 heavy (non-hydrogen) atoms. The zero-order valence-corrected chi connectivity index (χ0v) is 14.6. The van der Waals surface area contributed by atoms with Crippen molar-refractivity contribution < 1.29 is 19.2 Å². The first-order valence-electron chi connectivity index (χ1n) is 6.31. The highest BCUT2D eigenvalue weighted by atomic mass is 35.5. The van der Waals surface area contributed by atoms with Crippen LogP contribution in [0.1, 0.15) is 41.4 Å². The third-order valence-corrected chi connectivity index (χ3v) is 4.02. The van der Waals surface area contributed by atoms with Gasteiger partial charge in [0.1, 0.15) is 0 Å². The molecule has 2 aromatic carbocycles. The number of hydrogen-bond donors (Lipinski definition) is 0. The Morgan fingerprint density at radius 2 is 0.875 bits per heavy atom. The third-order valence-electron chi connectivity index (χ3n) is 3.24. The number of hydrogen-bond acceptors (Lipinski definition) is 4. The molecule has 0 spiro atoms. The number of halogens is 4. The van der Waals surface area contributed by atoms with Crippen LogP contribution in [-0.2, 0) is 0 Å². The maximum atomic E-state index is 11.8. The van der Waals surface area contributed by atoms with Gasteiger partial charge < -0.3 is 0 Å². The predicted molar refractivity (Wildman–Crippen MR) is 92.6 cm³/mol. The van der Waals surface area contributed by atoms with E-state index in [1.54, 1.807) is 0 Å². The fourth-order valence-corrected chi connectivity index (χ4v) is 3.03. The normalized spacial score (nSPS) is 10.3. The molecular weight excluding hydrogens is 398 g/mol. The van der Waals surface area contributed by atoms with Crippen LogP contribution < -0.4 is 0 Å². The van der Waals surface area contributed by atoms with Crippen molar-refractivity contribution in [1.82, 2.24) is 0 Å². The van der Waals surface area contributed by atoms with E-state index in [2.05, 4.69) is 0 Å². The molecule has 0 radical (unpaired) electrons. The van der Waals surface area contributed by atoms with Gasteiger partial charge in [-0.3, -0.25) is 19.2 Å². The van der Waals surface area contributed by atoms with E-state index >= 15 is 0 Å². The maximum absolute atomic E-state index is 11.8. The molecule has 0 amide bonds. The van der Waals surface area contributed by atoms with Gasteiger partial charge in [0.25, 0.3) is 21.0 Å². The molecule has 0 bridgehead atoms. The molecule has 122 valence electrons. The Morgan fingerprint density at radius 1 is 0.542 bits per heavy atom. The smallest absolute Gasteiger partial charge is 0.253 e. The molecule has 0 fully saturated rings. The van der Waals surface area contributed by atoms with Crippen molar-refractivity contribution in [3.63, 3.8) is 0 Å². The van der Waals surface area contributed by atoms with Crippen LogP contribution >= 0.6 is 46.4 Å². The molecule has 0 heterocycles. The first kappa shape index (κ1) is 18.6. The van der Waals surface area contributed by atoms with Crippen LogP contribution in [0.2, 0.25) is 0 Å². The maximum Gasteiger partial charge on any atom is 0.253 e. The number of rotatable bonds is 5. The fourth-order valence-electron chi connectivity index (χ4n) is 2.30. The van der Waals surface area contributed by atoms with E-state index in [1.807, 2.05) is 0 Å². The highest BCUT2D eigenvalue weighted by molar-refractivity contribution is 6.73. The Labute approximate surface area is 156 Å². The van der Waals surface area contributed by atoms with Gasteiger partial charge in [0.05, 0.1) is 11.1 Å². The summed E-state index contributed by atoms with van der Waals surface area (Å²) in [5.74, 6) is 0. The number of benzene rings is 2. The summed E-state index contributed by atoms with van der Waals surface area (Å²) in [5, 5.41) is -3.70. The second-order valence-corrected chi connectivity index (χ2v) is 5.92. The average molecular weight is 404 g/mol. The second-order valence-electron chi connectivity index (χ2n) is 4.55. The monoisotopic (exact) mass is 402 g/mol. The Hall–Kier alpha value is -1.72. The molecule has 0 saturated carbocycles. The van der Waals surface area contributed by atoms with Crippen LogP contribution in [-0.4, -0.2) is 21.0 Å². The fraction of sp³-hybridized carbons (Fsp3) is 0. The van der Waals surface area contributed by atoms with Gasteiger partial charge >= 0.3 is 0 Å². The van der Waals surface area contributed by atoms with Crippen molar-refractivity contribution in [2.75, 3.05) is 0 Å². The lowest BCUT2D eigenvalue weighted by atomic mass is 9.91. The van der Waals surface area contributed by atoms with E-state index in [4.69, 9.17) is 46.4 Å². The largest absolute Gasteiger partial charge is 0.276 e. The SMILES string of the molecule is O=C(Cl)c1cccc(-c2cccc(C(=O)Cl)c2C(=O)Cl)c1C(=O)Cl. The van der Waals surface area contributed by atoms with Gasteiger partial charge in [0.15, 0.2) is 0 Å². The van der Waals surface area contributed by atoms with E-state index in [0.29, 0.717) is 0 Å². The summed E-state index contributed by atoms with van der Waals surface area (Å²) in [5.41, 5.74) is -0.403. The topological polar surface area (TPSA) is 68.3 Å². The van der Waals surface area contributed by atoms with Crippen molar-refractivity contribution in [1.29, 1.82) is 0 Å². The lowest BCUT2D eigenvalue weighted by Crippen LogP contribution is -2.08. The van der Waals surface area contributed by atoms with E-state index in [1.165, 1.54) is 36.4 Å². The van der Waals surface area contributed by atoms with Gasteiger partial charge in [-0.2, -0.15) is 0 Å². The molecular formula is C16H6Cl4O4. The van der Waals surface area contributed by atoms with Gasteiger partial charge in [-0.15, -0.1) is 0 Å². The standard InChI is InChI=1S/C16H6Cl4O4/c17-13(21)9-5-1-3-7(11(9)15(19)23)8-4-2-6-10(14(18)22)12(8)16(20)24/h1-6H. The summed E-state index contributed by atoms with van der Waals surface area (Å²) in [6, 6.07) is 8.42. The zero-order chi connectivity index (χ0) is 18.0. The van der Waals surface area contributed by atoms with Crippen LogP contribution in [0, 0.1) is 0 Å². The van der Waals surface area contributed by atoms with Crippen LogP contribution in [0.25, 0.3) is 11.1 Å². The Kier molecular flexibility index (Phi) is 5.78. The highest BCUT2D eigenvalue weighted by Gasteiger charge is 2.25. The number of carbonyl (C=O) groups is 4. The first-order chi connectivity index (χ1) is 11.3. The van der Waals surface area contributed by atoms with Crippen molar-refractivity contribution in [2.24, 2.45) is 0 Å². The van der Waals surface area contributed by atoms with Crippen LogP contribution in [0.3, 0.4) is 0 Å². The molecule has 0 aliphatic heterocycles. The Bertz CT molecular complexity index is 816. The van der Waals surface area contributed by atoms with Gasteiger partial charge in [-0.1, -0.05) is 24.3 Å². The van der Waals surface area contributed by atoms with Gasteiger partial charge in [-0.25, -0.2) is 0 Å². The molecule has 4 nitrogen and oxygen atoms in total. The van der Waals surface area contributed by atoms with E-state index in [0.717, 1.165) is 0 Å². The van der Waals surface area contributed by atoms with Gasteiger partial charge in [-0.05, 0) is 69.7 Å². The number of carbonyl (C=O) groups excluding carboxylic acids is 4. The minimum absolute atomic E-state index is 0.130. The molecule has 2 rings (SSSR count). The Balaban J connectivity index is 2.93. The van der Waals surface area contributed by atoms with E-state index in [9.17, 15) is 19.2 Å². The Morgan fingerprint density at radius 3 is 1.12 bits per heavy atom. The third kappa shape index (κ3) is 3.52. The molecule has 0 N–H and O–H groups in total. The minimum Gasteiger partial charge on any atom is -0.276 e. The molecule has 0 aliphatic carbocycles. The van der Waals surface area contributed by atoms with Crippen molar-refractivity contribution in [3.8, 4) is 11.1 Å². The summed E-state index contributed by atoms with van der Waals surface area (Å²) in [4.78, 5) is 46.7. The minimum atomic E-state index is -0.954. The molecule has 0 saturated heterocycles. The molecule has 0 unspecified atom stereocenters. The summed E-state index contributed by atoms with van der Waals surface area (Å²) in [6.07, 6.45) is 0. The summed E-state index contributed by atoms with van der Waals surface area (Å²) >= 11 is 22.1. The molecule has 0 aliphatic rings. The van der Waals surface area contributed by atoms with Crippen LogP contribution in [0.15, 0.2) is 36.4 Å². The average Bonchev–Trinajstić information content (AvgIpc) is 2.52. The zero-order valence-electron chi connectivity index (χ0n) is 11.6. The lowest BCUT2D eigenvalue weighted by molar-refractivity contribution is 0.105. The quantitative estimate of drug-likeness (QED) is 0.667. The second kappa shape index (κ2) is 7.45. The lowest BCUT2D eigenvalue weighted by Gasteiger charge is -2.13. The summed E-state index contributed by atoms with van der Waals surface area (Å²) in [6.45, 7) is 0. The first-order valence-corrected chi connectivity index (χ1v) is 7.82. The highest BCUT2D eigenvalue weighted by Crippen LogP contribution is 2.34. The van der Waals surface area contributed by atoms with Crippen molar-refractivity contribution >= 4 is 67.4 Å². The van der Waals surface area contributed by atoms with E-state index in [-0.39, 0.29) is 33.4 Å². The summed E-state index contributed by atoms with van der Waals surface area (Å²) < 4.78 is 0. The van der Waals surface area contributed by atoms with Crippen LogP contribution in [0.5, 0.6) is 0 Å². The molecule has 0 atom stereocenters. The predicted octanol–water partition coefficient (Wildman–Crippen LogP) is 4.87. The summed E-state index contributed by atoms with van der Waals surface area (Å²) in [7, 11) is 0.